The maximum Gasteiger partial charge on any atom is 0.269 e. The maximum atomic E-state index is 14.2. The average Bonchev–Trinajstić information content (AvgIpc) is 3.32. The van der Waals surface area contributed by atoms with Gasteiger partial charge >= 0.3 is 0 Å². The minimum Gasteiger partial charge on any atom is -0.295 e. The van der Waals surface area contributed by atoms with Gasteiger partial charge in [-0.05, 0) is 48.2 Å². The third-order valence-electron chi connectivity index (χ3n) is 7.03. The molecule has 0 aromatic heterocycles. The molecule has 1 spiro atoms. The van der Waals surface area contributed by atoms with Crippen LogP contribution in [0.15, 0.2) is 66.7 Å². The molecule has 0 N–H and O–H groups in total. The fourth-order valence-corrected chi connectivity index (χ4v) is 6.83. The molecule has 3 aromatic carbocycles. The summed E-state index contributed by atoms with van der Waals surface area (Å²) in [5, 5.41) is 0.583. The summed E-state index contributed by atoms with van der Waals surface area (Å²) in [7, 11) is 0. The van der Waals surface area contributed by atoms with E-state index in [4.69, 9.17) is 11.6 Å². The molecule has 2 amide bonds. The van der Waals surface area contributed by atoms with Gasteiger partial charge in [-0.2, -0.15) is 0 Å². The first-order valence-corrected chi connectivity index (χ1v) is 12.8. The molecule has 0 unspecified atom stereocenters. The lowest BCUT2D eigenvalue weighted by Gasteiger charge is -2.35. The highest BCUT2D eigenvalue weighted by atomic mass is 35.5. The SMILES string of the molecule is Cc1ccc(N2C(=O)CS[C@]23C(=O)N(CN2CCc4ccccc4C2)c2ccccc23)cc1Cl. The molecule has 0 saturated carbocycles. The van der Waals surface area contributed by atoms with Crippen molar-refractivity contribution in [3.63, 3.8) is 0 Å². The van der Waals surface area contributed by atoms with E-state index in [2.05, 4.69) is 29.2 Å². The van der Waals surface area contributed by atoms with Gasteiger partial charge in [-0.15, -0.1) is 11.8 Å². The Labute approximate surface area is 208 Å². The second kappa shape index (κ2) is 8.15. The van der Waals surface area contributed by atoms with Crippen molar-refractivity contribution in [3.05, 3.63) is 94.0 Å². The topological polar surface area (TPSA) is 43.9 Å². The zero-order chi connectivity index (χ0) is 23.4. The Morgan fingerprint density at radius 2 is 1.76 bits per heavy atom. The average molecular weight is 490 g/mol. The number of anilines is 2. The number of rotatable bonds is 3. The van der Waals surface area contributed by atoms with Gasteiger partial charge in [0.15, 0.2) is 0 Å². The van der Waals surface area contributed by atoms with E-state index in [1.807, 2.05) is 48.2 Å². The van der Waals surface area contributed by atoms with E-state index in [-0.39, 0.29) is 17.6 Å². The van der Waals surface area contributed by atoms with Gasteiger partial charge in [-0.1, -0.05) is 60.1 Å². The number of carbonyl (C=O) groups excluding carboxylic acids is 2. The molecule has 1 fully saturated rings. The van der Waals surface area contributed by atoms with E-state index in [0.29, 0.717) is 17.4 Å². The highest BCUT2D eigenvalue weighted by Crippen LogP contribution is 2.55. The van der Waals surface area contributed by atoms with Crippen molar-refractivity contribution in [1.29, 1.82) is 0 Å². The molecule has 6 rings (SSSR count). The van der Waals surface area contributed by atoms with Crippen LogP contribution in [0, 0.1) is 6.92 Å². The second-order valence-corrected chi connectivity index (χ2v) is 10.6. The van der Waals surface area contributed by atoms with Crippen molar-refractivity contribution in [2.45, 2.75) is 24.8 Å². The number of hydrogen-bond acceptors (Lipinski definition) is 4. The smallest absolute Gasteiger partial charge is 0.269 e. The summed E-state index contributed by atoms with van der Waals surface area (Å²) in [4.78, 5) is 32.2. The van der Waals surface area contributed by atoms with Crippen molar-refractivity contribution >= 4 is 46.6 Å². The molecular formula is C27H24ClN3O2S. The first-order chi connectivity index (χ1) is 16.5. The number of benzene rings is 3. The highest BCUT2D eigenvalue weighted by Gasteiger charge is 2.61. The fraction of sp³-hybridized carbons (Fsp3) is 0.259. The summed E-state index contributed by atoms with van der Waals surface area (Å²) in [6.07, 6.45) is 0.965. The van der Waals surface area contributed by atoms with Gasteiger partial charge in [0.1, 0.15) is 0 Å². The first kappa shape index (κ1) is 21.7. The summed E-state index contributed by atoms with van der Waals surface area (Å²) in [6, 6.07) is 21.9. The number of nitrogens with zero attached hydrogens (tertiary/aromatic N) is 3. The van der Waals surface area contributed by atoms with Crippen molar-refractivity contribution in [2.24, 2.45) is 0 Å². The number of carbonyl (C=O) groups is 2. The molecule has 1 atom stereocenters. The van der Waals surface area contributed by atoms with Crippen LogP contribution in [0.5, 0.6) is 0 Å². The third kappa shape index (κ3) is 3.20. The summed E-state index contributed by atoms with van der Waals surface area (Å²) >= 11 is 7.83. The summed E-state index contributed by atoms with van der Waals surface area (Å²) in [5.74, 6) is 0.0955. The van der Waals surface area contributed by atoms with Crippen LogP contribution in [0.25, 0.3) is 0 Å². The lowest BCUT2D eigenvalue weighted by Crippen LogP contribution is -2.52. The van der Waals surface area contributed by atoms with E-state index in [0.717, 1.165) is 36.3 Å². The standard InChI is InChI=1S/C27H24ClN3O2S/c1-18-10-11-21(14-23(18)28)31-25(32)16-34-27(31)22-8-4-5-9-24(22)30(26(27)33)17-29-13-12-19-6-2-3-7-20(19)15-29/h2-11,14H,12-13,15-17H2,1H3/t27-/m1/s1. The lowest BCUT2D eigenvalue weighted by atomic mass is 10.0. The Bertz CT molecular complexity index is 1330. The minimum atomic E-state index is -1.11. The predicted molar refractivity (Wildman–Crippen MR) is 137 cm³/mol. The summed E-state index contributed by atoms with van der Waals surface area (Å²) in [5.41, 5.74) is 6.01. The van der Waals surface area contributed by atoms with E-state index in [9.17, 15) is 9.59 Å². The van der Waals surface area contributed by atoms with Gasteiger partial charge in [0.05, 0.1) is 18.1 Å². The molecule has 0 radical (unpaired) electrons. The lowest BCUT2D eigenvalue weighted by molar-refractivity contribution is -0.124. The van der Waals surface area contributed by atoms with Crippen LogP contribution in [-0.2, 0) is 27.4 Å². The Morgan fingerprint density at radius 1 is 1.00 bits per heavy atom. The van der Waals surface area contributed by atoms with Crippen molar-refractivity contribution in [1.82, 2.24) is 4.90 Å². The highest BCUT2D eigenvalue weighted by molar-refractivity contribution is 8.02. The van der Waals surface area contributed by atoms with E-state index < -0.39 is 4.87 Å². The summed E-state index contributed by atoms with van der Waals surface area (Å²) in [6.45, 7) is 4.11. The Morgan fingerprint density at radius 3 is 2.59 bits per heavy atom. The number of hydrogen-bond donors (Lipinski definition) is 0. The zero-order valence-corrected chi connectivity index (χ0v) is 20.4. The molecule has 0 bridgehead atoms. The number of fused-ring (bicyclic) bond motifs is 3. The number of aryl methyl sites for hydroxylation is 1. The molecule has 0 aliphatic carbocycles. The molecule has 1 saturated heterocycles. The van der Waals surface area contributed by atoms with E-state index in [1.54, 1.807) is 11.0 Å². The van der Waals surface area contributed by atoms with E-state index in [1.165, 1.54) is 22.9 Å². The molecule has 3 heterocycles. The normalized spacial score (nSPS) is 21.9. The van der Waals surface area contributed by atoms with Crippen molar-refractivity contribution in [3.8, 4) is 0 Å². The van der Waals surface area contributed by atoms with Crippen molar-refractivity contribution < 1.29 is 9.59 Å². The molecular weight excluding hydrogens is 466 g/mol. The predicted octanol–water partition coefficient (Wildman–Crippen LogP) is 4.94. The van der Waals surface area contributed by atoms with Gasteiger partial charge in [0.2, 0.25) is 10.8 Å². The molecule has 3 aromatic rings. The quantitative estimate of drug-likeness (QED) is 0.522. The van der Waals surface area contributed by atoms with Crippen LogP contribution in [0.3, 0.4) is 0 Å². The number of thioether (sulfide) groups is 1. The molecule has 34 heavy (non-hydrogen) atoms. The Kier molecular flexibility index (Phi) is 5.21. The molecule has 3 aliphatic heterocycles. The molecule has 3 aliphatic rings. The van der Waals surface area contributed by atoms with Crippen LogP contribution in [0.1, 0.15) is 22.3 Å². The number of para-hydroxylation sites is 1. The Balaban J connectivity index is 1.39. The minimum absolute atomic E-state index is 0.0693. The molecule has 7 heteroatoms. The monoisotopic (exact) mass is 489 g/mol. The first-order valence-electron chi connectivity index (χ1n) is 11.4. The van der Waals surface area contributed by atoms with Gasteiger partial charge in [-0.25, -0.2) is 0 Å². The largest absolute Gasteiger partial charge is 0.295 e. The second-order valence-electron chi connectivity index (χ2n) is 9.06. The zero-order valence-electron chi connectivity index (χ0n) is 18.8. The van der Waals surface area contributed by atoms with Crippen molar-refractivity contribution in [2.75, 3.05) is 28.8 Å². The van der Waals surface area contributed by atoms with Gasteiger partial charge in [0, 0.05) is 29.4 Å². The van der Waals surface area contributed by atoms with Crippen LogP contribution >= 0.6 is 23.4 Å². The fourth-order valence-electron chi connectivity index (χ4n) is 5.29. The van der Waals surface area contributed by atoms with Crippen LogP contribution < -0.4 is 9.80 Å². The maximum absolute atomic E-state index is 14.2. The van der Waals surface area contributed by atoms with Crippen LogP contribution in [0.4, 0.5) is 11.4 Å². The third-order valence-corrected chi connectivity index (χ3v) is 8.82. The Hall–Kier alpha value is -2.80. The van der Waals surface area contributed by atoms with Crippen LogP contribution in [-0.4, -0.2) is 35.7 Å². The number of halogens is 1. The van der Waals surface area contributed by atoms with Crippen LogP contribution in [0.2, 0.25) is 5.02 Å². The van der Waals surface area contributed by atoms with Gasteiger partial charge in [-0.3, -0.25) is 24.3 Å². The number of amides is 2. The van der Waals surface area contributed by atoms with Gasteiger partial charge in [0.25, 0.3) is 5.91 Å². The molecule has 5 nitrogen and oxygen atoms in total. The summed E-state index contributed by atoms with van der Waals surface area (Å²) < 4.78 is 0. The van der Waals surface area contributed by atoms with Gasteiger partial charge < -0.3 is 0 Å². The van der Waals surface area contributed by atoms with E-state index >= 15 is 0 Å². The molecule has 172 valence electrons.